The van der Waals surface area contributed by atoms with E-state index in [0.29, 0.717) is 196 Å². The van der Waals surface area contributed by atoms with Crippen LogP contribution in [0.1, 0.15) is 112 Å². The Morgan fingerprint density at radius 1 is 0.398 bits per heavy atom. The molecule has 0 amide bonds. The molecule has 5 saturated heterocycles. The van der Waals surface area contributed by atoms with Gasteiger partial charge in [0, 0.05) is 200 Å². The third-order valence-corrected chi connectivity index (χ3v) is 26.6. The lowest BCUT2D eigenvalue weighted by Gasteiger charge is -2.43. The van der Waals surface area contributed by atoms with E-state index in [-0.39, 0.29) is 88.0 Å². The number of oxime groups is 3. The summed E-state index contributed by atoms with van der Waals surface area (Å²) >= 11 is 0. The first-order valence-corrected chi connectivity index (χ1v) is 44.2. The lowest BCUT2D eigenvalue weighted by atomic mass is 9.93. The van der Waals surface area contributed by atoms with E-state index >= 15 is 22.0 Å². The number of aromatic nitrogens is 4. The van der Waals surface area contributed by atoms with E-state index in [2.05, 4.69) is 69.5 Å². The van der Waals surface area contributed by atoms with Crippen molar-refractivity contribution in [1.82, 2.24) is 42.8 Å². The van der Waals surface area contributed by atoms with Gasteiger partial charge in [-0.3, -0.25) is 9.59 Å². The van der Waals surface area contributed by atoms with Gasteiger partial charge in [-0.1, -0.05) is 38.4 Å². The number of likely N-dealkylation sites (N-methyl/N-ethyl adjacent to an activating group) is 5. The zero-order valence-corrected chi connectivity index (χ0v) is 75.6. The Morgan fingerprint density at radius 2 is 0.707 bits per heavy atom. The molecule has 0 bridgehead atoms. The fourth-order valence-electron chi connectivity index (χ4n) is 19.1. The number of halogens is 5. The molecule has 41 heteroatoms. The smallest absolute Gasteiger partial charge is 0.198 e. The molecule has 6 atom stereocenters. The van der Waals surface area contributed by atoms with Gasteiger partial charge in [-0.05, 0) is 107 Å². The minimum atomic E-state index is -1.07. The number of rotatable bonds is 10. The molecule has 20 rings (SSSR count). The van der Waals surface area contributed by atoms with Gasteiger partial charge in [0.25, 0.3) is 0 Å². The monoisotopic (exact) mass is 1850 g/mol. The highest BCUT2D eigenvalue weighted by Crippen LogP contribution is 2.53. The Morgan fingerprint density at radius 3 is 1.08 bits per heavy atom. The van der Waals surface area contributed by atoms with Crippen LogP contribution < -0.4 is 74.6 Å². The number of aliphatic hydroxyl groups excluding tert-OH is 2. The molecule has 0 spiro atoms. The Kier molecular flexibility index (Phi) is 28.3. The number of pyridine rings is 4. The summed E-state index contributed by atoms with van der Waals surface area (Å²) in [4.78, 5) is 47.7. The molecule has 133 heavy (non-hydrogen) atoms. The Hall–Kier alpha value is -12.7. The quantitative estimate of drug-likeness (QED) is 0.0208. The number of hydrogen-bond acceptors (Lipinski definition) is 32. The highest BCUT2D eigenvalue weighted by Gasteiger charge is 2.41. The number of Topliss-reactive ketones (excluding diaryl/α,β-unsaturated/α-hetero) is 1. The van der Waals surface area contributed by atoms with Crippen molar-refractivity contribution in [3.8, 4) is 28.7 Å². The SMILES string of the molecule is C.CC(=O)c1cn2c3c(c(N4CCN(C)CC4)c(F)cc3/c1=N\O)OC[C@@H]2C.C[C@H]1COc2c(N3CCN(C)CC3)c(F)cc3/c(=N/O)c(CO)cn1c23.C[C@H]1COc2c(N3CCN(C)CC3)c(F)cc3/c(=N\O)c(/C=N/O)cn1c23.C[C@H]1COc2c(N3CCN(C)CC3)c(F)cc3c(=O)c(/C=N/O)cn1c23.C[C@H]1COc2c(N3CCN(C)CC3)c(F)cc3c2N1C=C(/C=N/O)C3O. The molecule has 11 aliphatic heterocycles. The molecular weight excluding hydrogens is 1730 g/mol. The van der Waals surface area contributed by atoms with E-state index in [1.807, 2.05) is 103 Å². The van der Waals surface area contributed by atoms with E-state index < -0.39 is 35.2 Å². The van der Waals surface area contributed by atoms with E-state index in [4.69, 9.17) is 39.3 Å². The molecule has 11 aliphatic rings. The summed E-state index contributed by atoms with van der Waals surface area (Å²) in [6.07, 6.45) is 10.9. The zero-order valence-electron chi connectivity index (χ0n) is 75.6. The largest absolute Gasteiger partial charge is 0.487 e. The molecule has 9 aromatic rings. The molecule has 36 nitrogen and oxygen atoms in total. The lowest BCUT2D eigenvalue weighted by molar-refractivity contribution is 0.101. The van der Waals surface area contributed by atoms with Gasteiger partial charge in [-0.25, -0.2) is 22.0 Å². The third kappa shape index (κ3) is 17.9. The van der Waals surface area contributed by atoms with Crippen molar-refractivity contribution >= 4 is 102 Å². The second-order valence-electron chi connectivity index (χ2n) is 35.5. The first-order valence-electron chi connectivity index (χ1n) is 44.2. The first kappa shape index (κ1) is 95.0. The molecular formula is C92H116F5N21O15. The van der Waals surface area contributed by atoms with Crippen molar-refractivity contribution < 1.29 is 91.9 Å². The minimum absolute atomic E-state index is 0. The van der Waals surface area contributed by atoms with Crippen molar-refractivity contribution in [1.29, 1.82) is 0 Å². The van der Waals surface area contributed by atoms with Gasteiger partial charge in [0.1, 0.15) is 83.6 Å². The molecule has 714 valence electrons. The zero-order chi connectivity index (χ0) is 93.7. The van der Waals surface area contributed by atoms with E-state index in [0.717, 1.165) is 97.8 Å². The molecule has 8 N–H and O–H groups in total. The van der Waals surface area contributed by atoms with Crippen LogP contribution >= 0.6 is 0 Å². The maximum Gasteiger partial charge on any atom is 0.198 e. The van der Waals surface area contributed by atoms with E-state index in [1.165, 1.54) is 49.7 Å². The van der Waals surface area contributed by atoms with Gasteiger partial charge in [-0.15, -0.1) is 0 Å². The molecule has 5 aromatic carbocycles. The highest BCUT2D eigenvalue weighted by atomic mass is 19.1. The average Bonchev–Trinajstić information content (AvgIpc) is 0.750. The number of aliphatic hydroxyl groups is 2. The summed E-state index contributed by atoms with van der Waals surface area (Å²) in [5.74, 6) is -0.0670. The highest BCUT2D eigenvalue weighted by molar-refractivity contribution is 6.01. The number of piperazine rings is 5. The van der Waals surface area contributed by atoms with Crippen molar-refractivity contribution in [3.63, 3.8) is 0 Å². The molecule has 15 heterocycles. The number of anilines is 6. The predicted molar refractivity (Wildman–Crippen MR) is 494 cm³/mol. The van der Waals surface area contributed by atoms with Crippen molar-refractivity contribution in [2.75, 3.05) is 229 Å². The molecule has 0 saturated carbocycles. The molecule has 1 unspecified atom stereocenters. The van der Waals surface area contributed by atoms with Crippen LogP contribution in [0, 0.1) is 29.1 Å². The number of hydrogen-bond donors (Lipinski definition) is 8. The molecule has 5 fully saturated rings. The topological polar surface area (TPSA) is 372 Å². The van der Waals surface area contributed by atoms with Crippen LogP contribution in [0.25, 0.3) is 43.6 Å². The third-order valence-electron chi connectivity index (χ3n) is 26.6. The van der Waals surface area contributed by atoms with Gasteiger partial charge in [0.2, 0.25) is 0 Å². The van der Waals surface area contributed by atoms with Crippen LogP contribution in [0.2, 0.25) is 0 Å². The van der Waals surface area contributed by atoms with Crippen LogP contribution in [0.15, 0.2) is 103 Å². The minimum Gasteiger partial charge on any atom is -0.487 e. The predicted octanol–water partition coefficient (Wildman–Crippen LogP) is 8.68. The number of ketones is 1. The standard InChI is InChI=1S/C19H23FN4O3.C18H22FN5O3.C18H23FN4O3.C18H21FN4O3.C18H23FN4O3.CH4/c1-11-10-27-19-17-13(16(21-26)14(12(2)25)9-24(11)17)8-15(20)18(19)23-6-4-22(3)5-7-23;1-11-10-27-18-16-13(15(21-26)12(8-20-25)9-24(11)16)7-14(19)17(18)23-5-3-22(2)4-6-23;2*1-11-10-26-18-15-13(17(24)12(8-20-25)9-23(11)15)7-14(19)16(18)22-5-3-21(2)4-6-22;1-11-10-26-18-16-13(15(20-25)12(9-24)8-23(11)16)7-14(19)17(18)22-5-3-21(2)4-6-22;/h8-9,11,26H,4-7,10H2,1-3H3;7-9,11,25-26H,3-6,10H2,1-2H3;7-9,11,17,24-25H,3-6,10H2,1-2H3;7-9,11,25H,3-6,10H2,1-2H3;7-8,11,24-25H,3-6,9-10H2,1-2H3;1H4/b21-16+;20-8+,21-15-;2*20-8+;20-15+;/t2*11-;11-,17?;2*11-;/m00000./s1. The van der Waals surface area contributed by atoms with Gasteiger partial charge in [-0.2, -0.15) is 0 Å². The van der Waals surface area contributed by atoms with Gasteiger partial charge >= 0.3 is 0 Å². The van der Waals surface area contributed by atoms with Gasteiger partial charge < -0.3 is 137 Å². The molecule has 4 aromatic heterocycles. The summed E-state index contributed by atoms with van der Waals surface area (Å²) in [6, 6.07) is 6.74. The number of benzene rings is 5. The van der Waals surface area contributed by atoms with Crippen LogP contribution in [0.5, 0.6) is 28.7 Å². The second-order valence-corrected chi connectivity index (χ2v) is 35.5. The van der Waals surface area contributed by atoms with Crippen LogP contribution in [0.4, 0.5) is 56.1 Å². The van der Waals surface area contributed by atoms with Crippen LogP contribution in [0.3, 0.4) is 0 Å². The number of ether oxygens (including phenoxy) is 5. The summed E-state index contributed by atoms with van der Waals surface area (Å²) < 4.78 is 113. The second kappa shape index (κ2) is 39.6. The maximum atomic E-state index is 15.2. The van der Waals surface area contributed by atoms with E-state index in [1.54, 1.807) is 31.0 Å². The molecule has 0 radical (unpaired) electrons. The first-order chi connectivity index (χ1) is 63.5. The maximum absolute atomic E-state index is 15.2. The van der Waals surface area contributed by atoms with Gasteiger partial charge in [0.05, 0.1) is 99.7 Å². The lowest BCUT2D eigenvalue weighted by Crippen LogP contribution is -2.46. The summed E-state index contributed by atoms with van der Waals surface area (Å²) in [5.41, 5.74) is 7.34. The number of nitrogens with zero attached hydrogens (tertiary/aromatic N) is 21. The number of carbonyl (C=O) groups is 1. The average molecular weight is 1850 g/mol. The van der Waals surface area contributed by atoms with Crippen molar-refractivity contribution in [2.24, 2.45) is 30.9 Å². The van der Waals surface area contributed by atoms with E-state index in [9.17, 15) is 35.4 Å². The van der Waals surface area contributed by atoms with Crippen LogP contribution in [-0.4, -0.2) is 314 Å². The normalized spacial score (nSPS) is 21.8. The number of carbonyl (C=O) groups excluding carboxylic acids is 1. The van der Waals surface area contributed by atoms with Gasteiger partial charge in [0.15, 0.2) is 69.0 Å². The summed E-state index contributed by atoms with van der Waals surface area (Å²) in [6.45, 7) is 28.6. The Bertz CT molecular complexity index is 6370. The van der Waals surface area contributed by atoms with Crippen molar-refractivity contribution in [3.05, 3.63) is 150 Å². The summed E-state index contributed by atoms with van der Waals surface area (Å²) in [5, 5.41) is 96.2. The van der Waals surface area contributed by atoms with Crippen molar-refractivity contribution in [2.45, 2.75) is 91.9 Å². The van der Waals surface area contributed by atoms with Crippen LogP contribution in [-0.2, 0) is 6.61 Å². The Balaban J connectivity index is 0.000000127. The Labute approximate surface area is 763 Å². The molecule has 0 aliphatic carbocycles. The summed E-state index contributed by atoms with van der Waals surface area (Å²) in [7, 11) is 10.2. The fraction of sp³-hybridized carbons (Fsp3) is 0.478. The fourth-order valence-corrected chi connectivity index (χ4v) is 19.1.